The first-order chi connectivity index (χ1) is 10.5. The number of anilines is 2. The number of aromatic nitrogens is 3. The van der Waals surface area contributed by atoms with Crippen LogP contribution >= 0.6 is 11.8 Å². The van der Waals surface area contributed by atoms with E-state index in [1.54, 1.807) is 23.6 Å². The number of esters is 1. The molecule has 0 aromatic carbocycles. The predicted octanol–water partition coefficient (Wildman–Crippen LogP) is 0.865. The third-order valence-corrected chi connectivity index (χ3v) is 4.11. The molecule has 0 radical (unpaired) electrons. The van der Waals surface area contributed by atoms with Crippen molar-refractivity contribution in [1.29, 1.82) is 0 Å². The van der Waals surface area contributed by atoms with Gasteiger partial charge in [0.15, 0.2) is 10.9 Å². The topological polar surface area (TPSA) is 89.3 Å². The van der Waals surface area contributed by atoms with Gasteiger partial charge in [-0.3, -0.25) is 4.79 Å². The van der Waals surface area contributed by atoms with Crippen LogP contribution in [0.5, 0.6) is 0 Å². The Morgan fingerprint density at radius 2 is 2.09 bits per heavy atom. The summed E-state index contributed by atoms with van der Waals surface area (Å²) in [6.45, 7) is 0.152. The van der Waals surface area contributed by atoms with E-state index in [0.29, 0.717) is 27.7 Å². The second-order valence-corrected chi connectivity index (χ2v) is 5.68. The van der Waals surface area contributed by atoms with Gasteiger partial charge in [0.25, 0.3) is 0 Å². The summed E-state index contributed by atoms with van der Waals surface area (Å²) in [5.74, 6) is -0.130. The highest BCUT2D eigenvalue weighted by Crippen LogP contribution is 2.38. The number of amides is 1. The van der Waals surface area contributed by atoms with Crippen molar-refractivity contribution in [2.45, 2.75) is 5.16 Å². The highest BCUT2D eigenvalue weighted by Gasteiger charge is 2.31. The van der Waals surface area contributed by atoms with Gasteiger partial charge in [0, 0.05) is 14.1 Å². The molecule has 1 N–H and O–H groups in total. The standard InChI is InChI=1S/C13H15N5O3S/c1-17-5-6(19)14-8-7-10(17)15-13(22-4)16-11(7)18(2)9(8)12(20)21-3/h5H2,1-4H3,(H,14,19). The van der Waals surface area contributed by atoms with Gasteiger partial charge in [-0.25, -0.2) is 14.8 Å². The molecule has 0 atom stereocenters. The van der Waals surface area contributed by atoms with Crippen molar-refractivity contribution in [2.75, 3.05) is 37.2 Å². The zero-order valence-electron chi connectivity index (χ0n) is 12.6. The maximum Gasteiger partial charge on any atom is 0.356 e. The molecule has 2 aromatic heterocycles. The van der Waals surface area contributed by atoms with Crippen LogP contribution in [0.25, 0.3) is 11.0 Å². The molecule has 116 valence electrons. The maximum absolute atomic E-state index is 12.1. The van der Waals surface area contributed by atoms with Crippen LogP contribution in [-0.4, -0.2) is 53.4 Å². The summed E-state index contributed by atoms with van der Waals surface area (Å²) >= 11 is 1.40. The van der Waals surface area contributed by atoms with Crippen LogP contribution in [-0.2, 0) is 16.6 Å². The third-order valence-electron chi connectivity index (χ3n) is 3.56. The Labute approximate surface area is 130 Å². The summed E-state index contributed by atoms with van der Waals surface area (Å²) < 4.78 is 6.46. The minimum absolute atomic E-state index is 0.152. The number of nitrogens with zero attached hydrogens (tertiary/aromatic N) is 4. The second kappa shape index (κ2) is 5.16. The molecule has 1 aliphatic heterocycles. The van der Waals surface area contributed by atoms with Crippen molar-refractivity contribution < 1.29 is 14.3 Å². The first kappa shape index (κ1) is 14.6. The lowest BCUT2D eigenvalue weighted by Crippen LogP contribution is -2.29. The lowest BCUT2D eigenvalue weighted by molar-refractivity contribution is -0.114. The van der Waals surface area contributed by atoms with E-state index in [1.165, 1.54) is 18.9 Å². The number of aryl methyl sites for hydroxylation is 1. The van der Waals surface area contributed by atoms with Gasteiger partial charge in [0.2, 0.25) is 5.91 Å². The van der Waals surface area contributed by atoms with Gasteiger partial charge in [-0.05, 0) is 6.26 Å². The Morgan fingerprint density at radius 3 is 2.73 bits per heavy atom. The Morgan fingerprint density at radius 1 is 1.36 bits per heavy atom. The van der Waals surface area contributed by atoms with Gasteiger partial charge in [0.1, 0.15) is 11.5 Å². The average Bonchev–Trinajstić information content (AvgIpc) is 2.70. The summed E-state index contributed by atoms with van der Waals surface area (Å²) in [5.41, 5.74) is 1.25. The van der Waals surface area contributed by atoms with Crippen LogP contribution in [0.1, 0.15) is 10.5 Å². The van der Waals surface area contributed by atoms with Crippen molar-refractivity contribution in [3.05, 3.63) is 5.69 Å². The summed E-state index contributed by atoms with van der Waals surface area (Å²) in [5, 5.41) is 3.99. The van der Waals surface area contributed by atoms with E-state index in [1.807, 2.05) is 6.26 Å². The molecular formula is C13H15N5O3S. The minimum Gasteiger partial charge on any atom is -0.464 e. The van der Waals surface area contributed by atoms with Gasteiger partial charge >= 0.3 is 5.97 Å². The number of carbonyl (C=O) groups excluding carboxylic acids is 2. The molecule has 8 nitrogen and oxygen atoms in total. The molecule has 0 spiro atoms. The summed E-state index contributed by atoms with van der Waals surface area (Å²) in [6.07, 6.45) is 1.87. The van der Waals surface area contributed by atoms with E-state index in [4.69, 9.17) is 4.74 Å². The van der Waals surface area contributed by atoms with E-state index >= 15 is 0 Å². The number of hydrogen-bond donors (Lipinski definition) is 1. The fraction of sp³-hybridized carbons (Fsp3) is 0.385. The maximum atomic E-state index is 12.1. The highest BCUT2D eigenvalue weighted by molar-refractivity contribution is 7.98. The van der Waals surface area contributed by atoms with Crippen LogP contribution in [0.2, 0.25) is 0 Å². The SMILES string of the molecule is COC(=O)c1c2c3c(nc(SC)nc3n1C)N(C)CC(=O)N2. The Bertz CT molecular complexity index is 801. The summed E-state index contributed by atoms with van der Waals surface area (Å²) in [4.78, 5) is 34.9. The smallest absolute Gasteiger partial charge is 0.356 e. The molecule has 9 heteroatoms. The van der Waals surface area contributed by atoms with Crippen molar-refractivity contribution in [2.24, 2.45) is 7.05 Å². The van der Waals surface area contributed by atoms with Crippen molar-refractivity contribution >= 4 is 46.2 Å². The molecule has 22 heavy (non-hydrogen) atoms. The zero-order chi connectivity index (χ0) is 16.0. The third kappa shape index (κ3) is 2.00. The fourth-order valence-electron chi connectivity index (χ4n) is 2.57. The average molecular weight is 321 g/mol. The van der Waals surface area contributed by atoms with Crippen LogP contribution in [0, 0.1) is 0 Å². The largest absolute Gasteiger partial charge is 0.464 e. The molecule has 0 aliphatic carbocycles. The molecule has 0 saturated carbocycles. The van der Waals surface area contributed by atoms with Crippen LogP contribution in [0.15, 0.2) is 5.16 Å². The van der Waals surface area contributed by atoms with Crippen LogP contribution in [0.3, 0.4) is 0 Å². The molecule has 3 rings (SSSR count). The monoisotopic (exact) mass is 321 g/mol. The van der Waals surface area contributed by atoms with Crippen molar-refractivity contribution in [3.63, 3.8) is 0 Å². The molecule has 3 heterocycles. The Hall–Kier alpha value is -2.29. The van der Waals surface area contributed by atoms with Crippen molar-refractivity contribution in [1.82, 2.24) is 14.5 Å². The fourth-order valence-corrected chi connectivity index (χ4v) is 2.93. The zero-order valence-corrected chi connectivity index (χ0v) is 13.4. The number of nitrogens with one attached hydrogen (secondary N) is 1. The number of carbonyl (C=O) groups is 2. The molecular weight excluding hydrogens is 306 g/mol. The minimum atomic E-state index is -0.531. The van der Waals surface area contributed by atoms with E-state index in [2.05, 4.69) is 15.3 Å². The number of hydrogen-bond acceptors (Lipinski definition) is 7. The molecule has 2 aromatic rings. The highest BCUT2D eigenvalue weighted by atomic mass is 32.2. The molecule has 0 unspecified atom stereocenters. The summed E-state index contributed by atoms with van der Waals surface area (Å²) in [6, 6.07) is 0. The number of ether oxygens (including phenoxy) is 1. The first-order valence-electron chi connectivity index (χ1n) is 6.51. The molecule has 1 aliphatic rings. The lowest BCUT2D eigenvalue weighted by atomic mass is 10.2. The van der Waals surface area contributed by atoms with E-state index in [-0.39, 0.29) is 18.1 Å². The van der Waals surface area contributed by atoms with Gasteiger partial charge in [-0.1, -0.05) is 11.8 Å². The van der Waals surface area contributed by atoms with E-state index in [0.717, 1.165) is 0 Å². The van der Waals surface area contributed by atoms with Crippen molar-refractivity contribution in [3.8, 4) is 0 Å². The normalized spacial score (nSPS) is 14.0. The summed E-state index contributed by atoms with van der Waals surface area (Å²) in [7, 11) is 4.80. The lowest BCUT2D eigenvalue weighted by Gasteiger charge is -2.16. The number of rotatable bonds is 2. The van der Waals surface area contributed by atoms with Gasteiger partial charge in [-0.15, -0.1) is 0 Å². The van der Waals surface area contributed by atoms with E-state index < -0.39 is 5.97 Å². The number of thioether (sulfide) groups is 1. The molecule has 0 saturated heterocycles. The molecule has 1 amide bonds. The Kier molecular flexibility index (Phi) is 3.44. The van der Waals surface area contributed by atoms with E-state index in [9.17, 15) is 9.59 Å². The number of likely N-dealkylation sites (N-methyl/N-ethyl adjacent to an activating group) is 1. The molecule has 0 fully saturated rings. The van der Waals surface area contributed by atoms with Crippen LogP contribution < -0.4 is 10.2 Å². The van der Waals surface area contributed by atoms with Crippen LogP contribution in [0.4, 0.5) is 11.5 Å². The van der Waals surface area contributed by atoms with Gasteiger partial charge in [-0.2, -0.15) is 0 Å². The van der Waals surface area contributed by atoms with Gasteiger partial charge < -0.3 is 19.5 Å². The predicted molar refractivity (Wildman–Crippen MR) is 83.5 cm³/mol. The Balaban J connectivity index is 2.44. The number of methoxy groups -OCH3 is 1. The van der Waals surface area contributed by atoms with Gasteiger partial charge in [0.05, 0.1) is 24.7 Å². The second-order valence-electron chi connectivity index (χ2n) is 4.91. The molecule has 0 bridgehead atoms. The first-order valence-corrected chi connectivity index (χ1v) is 7.74. The quantitative estimate of drug-likeness (QED) is 0.498.